The number of aromatic nitrogens is 2. The zero-order valence-electron chi connectivity index (χ0n) is 24.5. The van der Waals surface area contributed by atoms with E-state index in [-0.39, 0.29) is 26.4 Å². The Morgan fingerprint density at radius 2 is 1.25 bits per heavy atom. The Labute approximate surface area is 266 Å². The lowest BCUT2D eigenvalue weighted by molar-refractivity contribution is 0.0945. The number of nitrogens with zero attached hydrogens (tertiary/aromatic N) is 2. The first kappa shape index (κ1) is 30.0. The molecular weight excluding hydrogens is 615 g/mol. The number of fused-ring (bicyclic) bond motifs is 2. The van der Waals surface area contributed by atoms with Crippen LogP contribution in [0.5, 0.6) is 0 Å². The lowest BCUT2D eigenvalue weighted by Gasteiger charge is -2.21. The molecule has 0 aliphatic rings. The quantitative estimate of drug-likeness (QED) is 0.178. The molecule has 7 nitrogen and oxygen atoms in total. The number of hydrazine groups is 1. The van der Waals surface area contributed by atoms with Crippen LogP contribution in [0.3, 0.4) is 0 Å². The normalized spacial score (nSPS) is 12.0. The number of carbonyl (C=O) groups is 1. The van der Waals surface area contributed by atoms with Crippen LogP contribution in [0.25, 0.3) is 21.8 Å². The molecule has 0 radical (unpaired) electrons. The van der Waals surface area contributed by atoms with Crippen molar-refractivity contribution >= 4 is 60.9 Å². The summed E-state index contributed by atoms with van der Waals surface area (Å²) in [5.41, 5.74) is 10.6. The molecule has 10 heteroatoms. The fourth-order valence-corrected chi connectivity index (χ4v) is 7.67. The van der Waals surface area contributed by atoms with Gasteiger partial charge in [-0.25, -0.2) is 8.42 Å². The lowest BCUT2D eigenvalue weighted by Crippen LogP contribution is -2.41. The van der Waals surface area contributed by atoms with Gasteiger partial charge >= 0.3 is 0 Å². The van der Waals surface area contributed by atoms with Crippen LogP contribution >= 0.6 is 23.2 Å². The van der Waals surface area contributed by atoms with Gasteiger partial charge in [-0.05, 0) is 66.9 Å². The zero-order chi connectivity index (χ0) is 31.3. The summed E-state index contributed by atoms with van der Waals surface area (Å²) in [4.78, 5) is 14.9. The number of para-hydroxylation sites is 2. The van der Waals surface area contributed by atoms with Crippen molar-refractivity contribution in [2.24, 2.45) is 14.1 Å². The largest absolute Gasteiger partial charge is 0.348 e. The Hall–Kier alpha value is -4.08. The maximum absolute atomic E-state index is 13.1. The number of benzene rings is 4. The summed E-state index contributed by atoms with van der Waals surface area (Å²) < 4.78 is 30.1. The molecule has 2 heterocycles. The molecule has 224 valence electrons. The second kappa shape index (κ2) is 11.4. The summed E-state index contributed by atoms with van der Waals surface area (Å²) in [6.07, 6.45) is 0. The second-order valence-electron chi connectivity index (χ2n) is 10.8. The standard InChI is InChI=1S/C34H30Cl2N4O3S/c1-20-30(24-10-5-7-13-27(24)39(20)3)32(31-21(2)40(4)28-14-8-6-11-25(28)31)22-16-18-23(19-17-22)34(41)37-38-44(42,43)29-15-9-12-26(35)33(29)36/h5-19,32,38H,1-4H3,(H,37,41). The first-order valence-electron chi connectivity index (χ1n) is 13.9. The molecule has 0 bridgehead atoms. The number of hydrogen-bond acceptors (Lipinski definition) is 3. The van der Waals surface area contributed by atoms with Crippen molar-refractivity contribution in [3.63, 3.8) is 0 Å². The first-order chi connectivity index (χ1) is 21.0. The number of amides is 1. The Kier molecular flexibility index (Phi) is 7.80. The summed E-state index contributed by atoms with van der Waals surface area (Å²) >= 11 is 12.1. The van der Waals surface area contributed by atoms with Crippen molar-refractivity contribution in [3.8, 4) is 0 Å². The average molecular weight is 646 g/mol. The monoisotopic (exact) mass is 644 g/mol. The number of aryl methyl sites for hydroxylation is 2. The molecule has 2 N–H and O–H groups in total. The van der Waals surface area contributed by atoms with E-state index in [4.69, 9.17) is 23.2 Å². The van der Waals surface area contributed by atoms with Crippen molar-refractivity contribution in [3.05, 3.63) is 135 Å². The molecule has 0 saturated heterocycles. The molecule has 0 aliphatic heterocycles. The fourth-order valence-electron chi connectivity index (χ4n) is 6.07. The summed E-state index contributed by atoms with van der Waals surface area (Å²) in [5, 5.41) is 2.30. The molecule has 6 aromatic rings. The van der Waals surface area contributed by atoms with E-state index in [1.807, 2.05) is 24.3 Å². The van der Waals surface area contributed by atoms with Crippen LogP contribution in [0.1, 0.15) is 44.4 Å². The Morgan fingerprint density at radius 1 is 0.727 bits per heavy atom. The van der Waals surface area contributed by atoms with Gasteiger partial charge in [0.2, 0.25) is 0 Å². The predicted octanol–water partition coefficient (Wildman–Crippen LogP) is 7.40. The Bertz CT molecular complexity index is 2100. The van der Waals surface area contributed by atoms with Crippen LogP contribution in [0.15, 0.2) is 95.9 Å². The van der Waals surface area contributed by atoms with Crippen molar-refractivity contribution in [1.29, 1.82) is 0 Å². The number of halogens is 2. The summed E-state index contributed by atoms with van der Waals surface area (Å²) in [5.74, 6) is -0.745. The number of rotatable bonds is 7. The summed E-state index contributed by atoms with van der Waals surface area (Å²) in [6, 6.07) is 28.3. The van der Waals surface area contributed by atoms with Gasteiger partial charge in [0.25, 0.3) is 15.9 Å². The number of hydrogen-bond donors (Lipinski definition) is 2. The molecule has 0 aliphatic carbocycles. The fraction of sp³-hybridized carbons (Fsp3) is 0.147. The van der Waals surface area contributed by atoms with E-state index in [0.29, 0.717) is 0 Å². The molecule has 6 rings (SSSR count). The SMILES string of the molecule is Cc1c(C(c2ccc(C(=O)NNS(=O)(=O)c3cccc(Cl)c3Cl)cc2)c2c(C)n(C)c3ccccc23)c2ccccc2n1C. The highest BCUT2D eigenvalue weighted by Crippen LogP contribution is 2.44. The second-order valence-corrected chi connectivity index (χ2v) is 13.3. The average Bonchev–Trinajstić information content (AvgIpc) is 3.43. The first-order valence-corrected chi connectivity index (χ1v) is 16.2. The minimum Gasteiger partial charge on any atom is -0.348 e. The number of nitrogens with one attached hydrogen (secondary N) is 2. The van der Waals surface area contributed by atoms with Gasteiger partial charge in [-0.1, -0.05) is 77.8 Å². The predicted molar refractivity (Wildman–Crippen MR) is 177 cm³/mol. The molecule has 0 atom stereocenters. The Balaban J connectivity index is 1.40. The van der Waals surface area contributed by atoms with E-state index >= 15 is 0 Å². The van der Waals surface area contributed by atoms with E-state index < -0.39 is 15.9 Å². The summed E-state index contributed by atoms with van der Waals surface area (Å²) in [6.45, 7) is 4.28. The molecule has 0 spiro atoms. The van der Waals surface area contributed by atoms with Crippen molar-refractivity contribution in [2.75, 3.05) is 0 Å². The molecule has 0 fully saturated rings. The van der Waals surface area contributed by atoms with Gasteiger partial charge in [-0.15, -0.1) is 4.83 Å². The lowest BCUT2D eigenvalue weighted by atomic mass is 9.82. The molecule has 0 unspecified atom stereocenters. The van der Waals surface area contributed by atoms with Gasteiger partial charge < -0.3 is 9.13 Å². The minimum atomic E-state index is -4.16. The van der Waals surface area contributed by atoms with Gasteiger partial charge in [-0.2, -0.15) is 0 Å². The van der Waals surface area contributed by atoms with Crippen LogP contribution in [0.4, 0.5) is 0 Å². The van der Waals surface area contributed by atoms with E-state index in [1.54, 1.807) is 12.1 Å². The van der Waals surface area contributed by atoms with Crippen LogP contribution in [-0.4, -0.2) is 23.5 Å². The number of sulfonamides is 1. The van der Waals surface area contributed by atoms with E-state index in [0.717, 1.165) is 28.0 Å². The summed E-state index contributed by atoms with van der Waals surface area (Å²) in [7, 11) is 0.00552. The molecule has 2 aromatic heterocycles. The molecular formula is C34H30Cl2N4O3S. The van der Waals surface area contributed by atoms with Crippen LogP contribution in [0.2, 0.25) is 10.0 Å². The van der Waals surface area contributed by atoms with Gasteiger partial charge in [-0.3, -0.25) is 10.2 Å². The third-order valence-corrected chi connectivity index (χ3v) is 10.7. The molecule has 44 heavy (non-hydrogen) atoms. The van der Waals surface area contributed by atoms with Crippen molar-refractivity contribution < 1.29 is 13.2 Å². The van der Waals surface area contributed by atoms with Crippen molar-refractivity contribution in [2.45, 2.75) is 24.7 Å². The third kappa shape index (κ3) is 4.98. The topological polar surface area (TPSA) is 85.1 Å². The highest BCUT2D eigenvalue weighted by molar-refractivity contribution is 7.89. The van der Waals surface area contributed by atoms with Crippen LogP contribution < -0.4 is 10.3 Å². The van der Waals surface area contributed by atoms with Crippen LogP contribution in [-0.2, 0) is 24.1 Å². The van der Waals surface area contributed by atoms with E-state index in [2.05, 4.69) is 83.7 Å². The van der Waals surface area contributed by atoms with Crippen LogP contribution in [0, 0.1) is 13.8 Å². The van der Waals surface area contributed by atoms with E-state index in [1.165, 1.54) is 40.1 Å². The third-order valence-electron chi connectivity index (χ3n) is 8.49. The molecule has 0 saturated carbocycles. The minimum absolute atomic E-state index is 0.0915. The zero-order valence-corrected chi connectivity index (χ0v) is 26.8. The number of carbonyl (C=O) groups excluding carboxylic acids is 1. The highest BCUT2D eigenvalue weighted by Gasteiger charge is 2.29. The molecule has 4 aromatic carbocycles. The van der Waals surface area contributed by atoms with Gasteiger partial charge in [0.05, 0.1) is 10.0 Å². The van der Waals surface area contributed by atoms with Gasteiger partial charge in [0.15, 0.2) is 0 Å². The van der Waals surface area contributed by atoms with Gasteiger partial charge in [0, 0.05) is 58.8 Å². The van der Waals surface area contributed by atoms with Gasteiger partial charge in [0.1, 0.15) is 4.90 Å². The highest BCUT2D eigenvalue weighted by atomic mass is 35.5. The smallest absolute Gasteiger partial charge is 0.266 e. The Morgan fingerprint density at radius 3 is 1.80 bits per heavy atom. The maximum atomic E-state index is 13.1. The van der Waals surface area contributed by atoms with E-state index in [9.17, 15) is 13.2 Å². The van der Waals surface area contributed by atoms with Crippen molar-refractivity contribution in [1.82, 2.24) is 19.4 Å². The maximum Gasteiger partial charge on any atom is 0.266 e. The molecule has 1 amide bonds.